The third-order valence-corrected chi connectivity index (χ3v) is 3.31. The van der Waals surface area contributed by atoms with Gasteiger partial charge in [0.05, 0.1) is 6.54 Å². The molecule has 8 nitrogen and oxygen atoms in total. The zero-order valence-electron chi connectivity index (χ0n) is 11.5. The molecular weight excluding hydrogens is 272 g/mol. The fraction of sp³-hybridized carbons (Fsp3) is 0.462. The molecule has 0 radical (unpaired) electrons. The first-order valence-electron chi connectivity index (χ1n) is 6.85. The van der Waals surface area contributed by atoms with E-state index < -0.39 is 0 Å². The minimum atomic E-state index is -0.0687. The van der Waals surface area contributed by atoms with Gasteiger partial charge >= 0.3 is 6.01 Å². The third kappa shape index (κ3) is 3.53. The quantitative estimate of drug-likeness (QED) is 0.795. The van der Waals surface area contributed by atoms with Crippen LogP contribution in [-0.2, 0) is 11.3 Å². The van der Waals surface area contributed by atoms with Gasteiger partial charge in [-0.3, -0.25) is 4.79 Å². The number of nitrogens with zero attached hydrogens (tertiary/aromatic N) is 6. The maximum atomic E-state index is 12.2. The van der Waals surface area contributed by atoms with Crippen molar-refractivity contribution in [2.45, 2.75) is 25.5 Å². The van der Waals surface area contributed by atoms with Gasteiger partial charge in [-0.2, -0.15) is 5.10 Å². The second-order valence-corrected chi connectivity index (χ2v) is 4.85. The van der Waals surface area contributed by atoms with Crippen molar-refractivity contribution in [2.75, 3.05) is 13.1 Å². The average Bonchev–Trinajstić information content (AvgIpc) is 3.01. The van der Waals surface area contributed by atoms with Gasteiger partial charge in [-0.05, 0) is 18.9 Å². The molecular formula is C13H16N6O2. The average molecular weight is 288 g/mol. The second-order valence-electron chi connectivity index (χ2n) is 4.85. The highest BCUT2D eigenvalue weighted by atomic mass is 16.5. The van der Waals surface area contributed by atoms with Crippen LogP contribution in [-0.4, -0.2) is 54.7 Å². The molecule has 1 aliphatic heterocycles. The van der Waals surface area contributed by atoms with Crippen molar-refractivity contribution in [3.63, 3.8) is 0 Å². The van der Waals surface area contributed by atoms with Crippen LogP contribution in [0.25, 0.3) is 0 Å². The van der Waals surface area contributed by atoms with Crippen LogP contribution in [0, 0.1) is 0 Å². The van der Waals surface area contributed by atoms with E-state index in [2.05, 4.69) is 20.1 Å². The molecule has 0 N–H and O–H groups in total. The van der Waals surface area contributed by atoms with Gasteiger partial charge in [-0.15, -0.1) is 0 Å². The summed E-state index contributed by atoms with van der Waals surface area (Å²) < 4.78 is 7.24. The Morgan fingerprint density at radius 1 is 1.38 bits per heavy atom. The van der Waals surface area contributed by atoms with Crippen LogP contribution in [0.1, 0.15) is 12.8 Å². The molecule has 1 unspecified atom stereocenters. The topological polar surface area (TPSA) is 86.0 Å². The van der Waals surface area contributed by atoms with E-state index in [0.717, 1.165) is 19.4 Å². The van der Waals surface area contributed by atoms with E-state index in [1.54, 1.807) is 23.4 Å². The van der Waals surface area contributed by atoms with Crippen LogP contribution >= 0.6 is 0 Å². The van der Waals surface area contributed by atoms with Crippen LogP contribution in [0.2, 0.25) is 0 Å². The van der Waals surface area contributed by atoms with Gasteiger partial charge in [-0.1, -0.05) is 0 Å². The number of carbonyl (C=O) groups is 1. The molecule has 0 bridgehead atoms. The molecule has 3 rings (SSSR count). The minimum Gasteiger partial charge on any atom is -0.458 e. The van der Waals surface area contributed by atoms with Crippen molar-refractivity contribution >= 4 is 5.91 Å². The van der Waals surface area contributed by atoms with E-state index in [9.17, 15) is 4.79 Å². The second kappa shape index (κ2) is 6.29. The Kier molecular flexibility index (Phi) is 4.04. The lowest BCUT2D eigenvalue weighted by atomic mass is 10.1. The summed E-state index contributed by atoms with van der Waals surface area (Å²) in [5, 5.41) is 3.94. The Bertz CT molecular complexity index is 574. The first kappa shape index (κ1) is 13.5. The number of piperidine rings is 1. The van der Waals surface area contributed by atoms with Crippen molar-refractivity contribution in [3.05, 3.63) is 31.1 Å². The summed E-state index contributed by atoms with van der Waals surface area (Å²) in [5.41, 5.74) is 0. The van der Waals surface area contributed by atoms with Crippen LogP contribution in [0.5, 0.6) is 6.01 Å². The monoisotopic (exact) mass is 288 g/mol. The standard InChI is InChI=1S/C13H16N6O2/c20-12(8-19-10-14-9-17-19)18-6-1-3-11(7-18)21-13-15-4-2-5-16-13/h2,4-5,9-11H,1,3,6-8H2. The zero-order valence-corrected chi connectivity index (χ0v) is 11.5. The van der Waals surface area contributed by atoms with Crippen molar-refractivity contribution in [1.82, 2.24) is 29.6 Å². The number of hydrogen-bond acceptors (Lipinski definition) is 6. The van der Waals surface area contributed by atoms with E-state index in [0.29, 0.717) is 12.6 Å². The van der Waals surface area contributed by atoms with Crippen LogP contribution in [0.4, 0.5) is 0 Å². The van der Waals surface area contributed by atoms with E-state index in [1.807, 2.05) is 0 Å². The lowest BCUT2D eigenvalue weighted by Crippen LogP contribution is -2.45. The molecule has 0 spiro atoms. The number of rotatable bonds is 4. The van der Waals surface area contributed by atoms with E-state index in [4.69, 9.17) is 4.74 Å². The lowest BCUT2D eigenvalue weighted by molar-refractivity contribution is -0.134. The van der Waals surface area contributed by atoms with E-state index in [-0.39, 0.29) is 18.6 Å². The molecule has 110 valence electrons. The first-order valence-corrected chi connectivity index (χ1v) is 6.85. The third-order valence-electron chi connectivity index (χ3n) is 3.31. The van der Waals surface area contributed by atoms with Gasteiger partial charge in [-0.25, -0.2) is 19.6 Å². The Morgan fingerprint density at radius 3 is 3.00 bits per heavy atom. The zero-order chi connectivity index (χ0) is 14.5. The lowest BCUT2D eigenvalue weighted by Gasteiger charge is -2.32. The molecule has 0 aromatic carbocycles. The van der Waals surface area contributed by atoms with Crippen molar-refractivity contribution in [1.29, 1.82) is 0 Å². The maximum absolute atomic E-state index is 12.2. The summed E-state index contributed by atoms with van der Waals surface area (Å²) in [6, 6.07) is 2.09. The molecule has 8 heteroatoms. The van der Waals surface area contributed by atoms with Crippen molar-refractivity contribution in [3.8, 4) is 6.01 Å². The summed E-state index contributed by atoms with van der Waals surface area (Å²) in [6.45, 7) is 1.49. The van der Waals surface area contributed by atoms with Gasteiger partial charge in [0.15, 0.2) is 0 Å². The molecule has 1 aliphatic rings. The summed E-state index contributed by atoms with van der Waals surface area (Å²) in [4.78, 5) is 25.9. The largest absolute Gasteiger partial charge is 0.458 e. The fourth-order valence-electron chi connectivity index (χ4n) is 2.31. The number of likely N-dealkylation sites (tertiary alicyclic amines) is 1. The Morgan fingerprint density at radius 2 is 2.24 bits per heavy atom. The summed E-state index contributed by atoms with van der Waals surface area (Å²) in [5.74, 6) is 0.0165. The van der Waals surface area contributed by atoms with Gasteiger partial charge in [0.1, 0.15) is 25.3 Å². The Hall–Kier alpha value is -2.51. The summed E-state index contributed by atoms with van der Waals surface area (Å²) >= 11 is 0. The van der Waals surface area contributed by atoms with E-state index >= 15 is 0 Å². The summed E-state index contributed by atoms with van der Waals surface area (Å²) in [7, 11) is 0. The van der Waals surface area contributed by atoms with Crippen LogP contribution in [0.15, 0.2) is 31.1 Å². The number of aromatic nitrogens is 5. The number of ether oxygens (including phenoxy) is 1. The first-order chi connectivity index (χ1) is 10.3. The van der Waals surface area contributed by atoms with Crippen LogP contribution < -0.4 is 4.74 Å². The Balaban J connectivity index is 1.56. The molecule has 1 saturated heterocycles. The highest BCUT2D eigenvalue weighted by molar-refractivity contribution is 5.76. The SMILES string of the molecule is O=C(Cn1cncn1)N1CCCC(Oc2ncccn2)C1. The number of amides is 1. The molecule has 2 aromatic heterocycles. The highest BCUT2D eigenvalue weighted by Crippen LogP contribution is 2.15. The molecule has 1 fully saturated rings. The predicted molar refractivity (Wildman–Crippen MR) is 72.3 cm³/mol. The molecule has 3 heterocycles. The minimum absolute atomic E-state index is 0.0165. The van der Waals surface area contributed by atoms with Crippen molar-refractivity contribution < 1.29 is 9.53 Å². The van der Waals surface area contributed by atoms with Gasteiger partial charge in [0.25, 0.3) is 0 Å². The van der Waals surface area contributed by atoms with Gasteiger partial charge in [0.2, 0.25) is 5.91 Å². The maximum Gasteiger partial charge on any atom is 0.316 e. The molecule has 2 aromatic rings. The van der Waals surface area contributed by atoms with E-state index in [1.165, 1.54) is 17.3 Å². The normalized spacial score (nSPS) is 18.5. The molecule has 1 amide bonds. The molecule has 0 saturated carbocycles. The number of carbonyl (C=O) groups excluding carboxylic acids is 1. The van der Waals surface area contributed by atoms with Gasteiger partial charge in [0, 0.05) is 18.9 Å². The fourth-order valence-corrected chi connectivity index (χ4v) is 2.31. The smallest absolute Gasteiger partial charge is 0.316 e. The van der Waals surface area contributed by atoms with Crippen molar-refractivity contribution in [2.24, 2.45) is 0 Å². The number of hydrogen-bond donors (Lipinski definition) is 0. The highest BCUT2D eigenvalue weighted by Gasteiger charge is 2.25. The predicted octanol–water partition coefficient (Wildman–Crippen LogP) is 0.138. The molecule has 0 aliphatic carbocycles. The molecule has 1 atom stereocenters. The summed E-state index contributed by atoms with van der Waals surface area (Å²) in [6.07, 6.45) is 7.96. The van der Waals surface area contributed by atoms with Gasteiger partial charge < -0.3 is 9.64 Å². The Labute approximate surface area is 121 Å². The molecule has 21 heavy (non-hydrogen) atoms. The van der Waals surface area contributed by atoms with Crippen LogP contribution in [0.3, 0.4) is 0 Å².